The smallest absolute Gasteiger partial charge is 0.0826 e. The molecule has 0 aromatic heterocycles. The summed E-state index contributed by atoms with van der Waals surface area (Å²) in [5.41, 5.74) is 0. The van der Waals surface area contributed by atoms with Gasteiger partial charge in [0.25, 0.3) is 0 Å². The number of nitrogens with zero attached hydrogens (tertiary/aromatic N) is 1. The van der Waals surface area contributed by atoms with Gasteiger partial charge in [0.2, 0.25) is 0 Å². The molecule has 82 valence electrons. The molecule has 0 amide bonds. The molecule has 3 nitrogen and oxygen atoms in total. The van der Waals surface area contributed by atoms with Crippen LogP contribution in [-0.4, -0.2) is 50.3 Å². The summed E-state index contributed by atoms with van der Waals surface area (Å²) < 4.78 is 5.70. The van der Waals surface area contributed by atoms with E-state index in [-0.39, 0.29) is 0 Å². The molecule has 3 heteroatoms. The molecule has 2 aliphatic rings. The molecule has 0 radical (unpaired) electrons. The van der Waals surface area contributed by atoms with Crippen LogP contribution in [0.4, 0.5) is 0 Å². The molecule has 1 atom stereocenters. The first-order chi connectivity index (χ1) is 6.86. The van der Waals surface area contributed by atoms with Crippen molar-refractivity contribution in [2.45, 2.75) is 37.8 Å². The summed E-state index contributed by atoms with van der Waals surface area (Å²) in [5.74, 6) is 0. The number of hydrogen-bond donors (Lipinski definition) is 1. The molecule has 1 saturated carbocycles. The van der Waals surface area contributed by atoms with Crippen LogP contribution in [0.15, 0.2) is 0 Å². The zero-order valence-corrected chi connectivity index (χ0v) is 9.17. The molecule has 2 fully saturated rings. The zero-order valence-electron chi connectivity index (χ0n) is 9.17. The summed E-state index contributed by atoms with van der Waals surface area (Å²) >= 11 is 0. The first-order valence-corrected chi connectivity index (χ1v) is 5.89. The van der Waals surface area contributed by atoms with Crippen LogP contribution in [0.5, 0.6) is 0 Å². The second kappa shape index (κ2) is 5.10. The quantitative estimate of drug-likeness (QED) is 0.727. The predicted octanol–water partition coefficient (Wildman–Crippen LogP) is 0.849. The van der Waals surface area contributed by atoms with Crippen molar-refractivity contribution in [2.75, 3.05) is 33.3 Å². The minimum Gasteiger partial charge on any atom is -0.374 e. The van der Waals surface area contributed by atoms with E-state index >= 15 is 0 Å². The monoisotopic (exact) mass is 198 g/mol. The second-order valence-electron chi connectivity index (χ2n) is 4.57. The van der Waals surface area contributed by atoms with Crippen molar-refractivity contribution in [3.05, 3.63) is 0 Å². The van der Waals surface area contributed by atoms with E-state index in [1.54, 1.807) is 0 Å². The van der Waals surface area contributed by atoms with Crippen LogP contribution < -0.4 is 5.32 Å². The maximum absolute atomic E-state index is 5.70. The van der Waals surface area contributed by atoms with Gasteiger partial charge in [-0.05, 0) is 19.9 Å². The summed E-state index contributed by atoms with van der Waals surface area (Å²) in [6, 6.07) is 0.820. The van der Waals surface area contributed by atoms with E-state index in [0.29, 0.717) is 6.10 Å². The first kappa shape index (κ1) is 10.4. The lowest BCUT2D eigenvalue weighted by atomic mass is 10.2. The number of rotatable bonds is 3. The number of ether oxygens (including phenoxy) is 1. The van der Waals surface area contributed by atoms with Crippen LogP contribution in [-0.2, 0) is 4.74 Å². The van der Waals surface area contributed by atoms with E-state index in [9.17, 15) is 0 Å². The number of likely N-dealkylation sites (N-methyl/N-ethyl adjacent to an activating group) is 1. The van der Waals surface area contributed by atoms with Crippen LogP contribution in [0.2, 0.25) is 0 Å². The fourth-order valence-electron chi connectivity index (χ4n) is 2.55. The first-order valence-electron chi connectivity index (χ1n) is 5.89. The Morgan fingerprint density at radius 1 is 1.36 bits per heavy atom. The Labute approximate surface area is 86.8 Å². The van der Waals surface area contributed by atoms with Crippen LogP contribution in [0, 0.1) is 0 Å². The Kier molecular flexibility index (Phi) is 3.79. The van der Waals surface area contributed by atoms with Crippen molar-refractivity contribution in [3.8, 4) is 0 Å². The van der Waals surface area contributed by atoms with E-state index in [1.165, 1.54) is 25.7 Å². The molecule has 1 saturated heterocycles. The minimum atomic E-state index is 0.411. The van der Waals surface area contributed by atoms with Gasteiger partial charge in [0.15, 0.2) is 0 Å². The maximum atomic E-state index is 5.70. The third-order valence-electron chi connectivity index (χ3n) is 3.44. The van der Waals surface area contributed by atoms with E-state index in [4.69, 9.17) is 4.74 Å². The van der Waals surface area contributed by atoms with Crippen LogP contribution >= 0.6 is 0 Å². The molecular formula is C11H22N2O. The summed E-state index contributed by atoms with van der Waals surface area (Å²) in [7, 11) is 2.24. The molecular weight excluding hydrogens is 176 g/mol. The SMILES string of the molecule is CN(CC1CNCCO1)C1CCCC1. The highest BCUT2D eigenvalue weighted by Gasteiger charge is 2.23. The maximum Gasteiger partial charge on any atom is 0.0826 e. The van der Waals surface area contributed by atoms with Crippen molar-refractivity contribution in [2.24, 2.45) is 0 Å². The summed E-state index contributed by atoms with van der Waals surface area (Å²) in [6.45, 7) is 4.02. The molecule has 0 aromatic rings. The van der Waals surface area contributed by atoms with Crippen LogP contribution in [0.3, 0.4) is 0 Å². The second-order valence-corrected chi connectivity index (χ2v) is 4.57. The standard InChI is InChI=1S/C11H22N2O/c1-13(10-4-2-3-5-10)9-11-8-12-6-7-14-11/h10-12H,2-9H2,1H3. The molecule has 1 heterocycles. The number of nitrogens with one attached hydrogen (secondary N) is 1. The van der Waals surface area contributed by atoms with Gasteiger partial charge in [-0.15, -0.1) is 0 Å². The minimum absolute atomic E-state index is 0.411. The van der Waals surface area contributed by atoms with Gasteiger partial charge in [-0.25, -0.2) is 0 Å². The third kappa shape index (κ3) is 2.69. The molecule has 2 rings (SSSR count). The normalized spacial score (nSPS) is 30.0. The van der Waals surface area contributed by atoms with E-state index < -0.39 is 0 Å². The van der Waals surface area contributed by atoms with Crippen molar-refractivity contribution in [3.63, 3.8) is 0 Å². The molecule has 0 spiro atoms. The number of hydrogen-bond acceptors (Lipinski definition) is 3. The van der Waals surface area contributed by atoms with Gasteiger partial charge in [0, 0.05) is 25.7 Å². The summed E-state index contributed by atoms with van der Waals surface area (Å²) in [4.78, 5) is 2.49. The van der Waals surface area contributed by atoms with Gasteiger partial charge in [-0.2, -0.15) is 0 Å². The average Bonchev–Trinajstić information content (AvgIpc) is 2.72. The topological polar surface area (TPSA) is 24.5 Å². The van der Waals surface area contributed by atoms with Crippen molar-refractivity contribution >= 4 is 0 Å². The van der Waals surface area contributed by atoms with E-state index in [1.807, 2.05) is 0 Å². The molecule has 0 aromatic carbocycles. The Morgan fingerprint density at radius 2 is 2.14 bits per heavy atom. The van der Waals surface area contributed by atoms with Crippen LogP contribution in [0.1, 0.15) is 25.7 Å². The Bertz CT molecular complexity index is 163. The van der Waals surface area contributed by atoms with Gasteiger partial charge in [-0.3, -0.25) is 0 Å². The fraction of sp³-hybridized carbons (Fsp3) is 1.00. The third-order valence-corrected chi connectivity index (χ3v) is 3.44. The average molecular weight is 198 g/mol. The van der Waals surface area contributed by atoms with Gasteiger partial charge in [0.05, 0.1) is 12.7 Å². The molecule has 1 unspecified atom stereocenters. The van der Waals surface area contributed by atoms with Crippen molar-refractivity contribution < 1.29 is 4.74 Å². The Hall–Kier alpha value is -0.120. The summed E-state index contributed by atoms with van der Waals surface area (Å²) in [6.07, 6.45) is 6.01. The lowest BCUT2D eigenvalue weighted by Crippen LogP contribution is -2.46. The zero-order chi connectivity index (χ0) is 9.80. The van der Waals surface area contributed by atoms with Crippen LogP contribution in [0.25, 0.3) is 0 Å². The lowest BCUT2D eigenvalue weighted by Gasteiger charge is -2.31. The molecule has 1 aliphatic heterocycles. The van der Waals surface area contributed by atoms with Gasteiger partial charge < -0.3 is 15.0 Å². The Morgan fingerprint density at radius 3 is 2.79 bits per heavy atom. The molecule has 14 heavy (non-hydrogen) atoms. The molecule has 1 aliphatic carbocycles. The summed E-state index contributed by atoms with van der Waals surface area (Å²) in [5, 5.41) is 3.38. The number of morpholine rings is 1. The predicted molar refractivity (Wildman–Crippen MR) is 57.5 cm³/mol. The van der Waals surface area contributed by atoms with Crippen molar-refractivity contribution in [1.29, 1.82) is 0 Å². The highest BCUT2D eigenvalue weighted by molar-refractivity contribution is 4.78. The van der Waals surface area contributed by atoms with Crippen molar-refractivity contribution in [1.82, 2.24) is 10.2 Å². The highest BCUT2D eigenvalue weighted by Crippen LogP contribution is 2.22. The Balaban J connectivity index is 1.72. The molecule has 1 N–H and O–H groups in total. The van der Waals surface area contributed by atoms with Gasteiger partial charge >= 0.3 is 0 Å². The van der Waals surface area contributed by atoms with Gasteiger partial charge in [0.1, 0.15) is 0 Å². The largest absolute Gasteiger partial charge is 0.374 e. The lowest BCUT2D eigenvalue weighted by molar-refractivity contribution is 0.00331. The highest BCUT2D eigenvalue weighted by atomic mass is 16.5. The molecule has 0 bridgehead atoms. The van der Waals surface area contributed by atoms with E-state index in [0.717, 1.165) is 32.3 Å². The van der Waals surface area contributed by atoms with Gasteiger partial charge in [-0.1, -0.05) is 12.8 Å². The fourth-order valence-corrected chi connectivity index (χ4v) is 2.55. The van der Waals surface area contributed by atoms with E-state index in [2.05, 4.69) is 17.3 Å².